The summed E-state index contributed by atoms with van der Waals surface area (Å²) in [5, 5.41) is 7.24. The first-order valence-electron chi connectivity index (χ1n) is 3.11. The van der Waals surface area contributed by atoms with Gasteiger partial charge in [0.1, 0.15) is 0 Å². The number of rotatable bonds is 1. The molecule has 0 spiro atoms. The van der Waals surface area contributed by atoms with Gasteiger partial charge in [0.25, 0.3) is 0 Å². The molecular formula is C9H9IN2U. The van der Waals surface area contributed by atoms with E-state index in [1.807, 2.05) is 10.0 Å². The molecule has 1 rings (SSSR count). The normalized spacial score (nSPS) is 11.8. The predicted molar refractivity (Wildman–Crippen MR) is 62.9 cm³/mol. The van der Waals surface area contributed by atoms with E-state index in [9.17, 15) is 0 Å². The summed E-state index contributed by atoms with van der Waals surface area (Å²) in [6.45, 7) is 4.81. The standard InChI is InChI=1S/C6H6IN2.C3H3.U/c1-5(8)6-4-9-3-2-7-6;1-3-2;/h2,4,8H,1H3;1H,2H2;/q2*-1;+2. The predicted octanol–water partition coefficient (Wildman–Crippen LogP) is 1.98. The number of aliphatic imine (C=N–C) groups is 1. The molecule has 1 heterocycles. The number of nitrogens with one attached hydrogen (secondary N) is 1. The summed E-state index contributed by atoms with van der Waals surface area (Å²) >= 11 is -0.0848. The molecule has 0 aromatic heterocycles. The Kier molecular flexibility index (Phi) is 12.3. The third kappa shape index (κ3) is 8.49. The minimum atomic E-state index is -0.0848. The van der Waals surface area contributed by atoms with Gasteiger partial charge in [-0.2, -0.15) is 6.92 Å². The summed E-state index contributed by atoms with van der Waals surface area (Å²) in [6, 6.07) is 0. The molecule has 0 saturated carbocycles. The molecule has 4 heteroatoms. The Balaban J connectivity index is 0. The van der Waals surface area contributed by atoms with Crippen LogP contribution in [-0.4, -0.2) is 15.4 Å². The molecule has 0 unspecified atom stereocenters. The van der Waals surface area contributed by atoms with Crippen LogP contribution in [0, 0.1) is 62.0 Å². The van der Waals surface area contributed by atoms with E-state index in [-0.39, 0.29) is 51.8 Å². The van der Waals surface area contributed by atoms with Crippen molar-refractivity contribution < 1.29 is 31.1 Å². The summed E-state index contributed by atoms with van der Waals surface area (Å²) in [7, 11) is 0. The Bertz CT molecular complexity index is 284. The summed E-state index contributed by atoms with van der Waals surface area (Å²) in [4.78, 5) is 3.80. The minimum Gasteiger partial charge on any atom is -0.458 e. The molecule has 2 nitrogen and oxygen atoms in total. The minimum absolute atomic E-state index is 0. The maximum absolute atomic E-state index is 7.24. The quantitative estimate of drug-likeness (QED) is 0.243. The second kappa shape index (κ2) is 10.2. The number of hydrogen-bond donors (Lipinski definition) is 1. The average Bonchev–Trinajstić information content (AvgIpc) is 2.07. The van der Waals surface area contributed by atoms with E-state index in [0.29, 0.717) is 5.71 Å². The van der Waals surface area contributed by atoms with Crippen LogP contribution in [0.25, 0.3) is 0 Å². The fourth-order valence-corrected chi connectivity index (χ4v) is 1.81. The molecule has 1 N–H and O–H groups in total. The molecule has 0 aliphatic carbocycles. The van der Waals surface area contributed by atoms with Crippen molar-refractivity contribution in [1.29, 1.82) is 5.41 Å². The van der Waals surface area contributed by atoms with Crippen LogP contribution in [0.1, 0.15) is 6.92 Å². The van der Waals surface area contributed by atoms with Gasteiger partial charge >= 0.3 is 31.1 Å². The van der Waals surface area contributed by atoms with E-state index in [1.54, 1.807) is 13.1 Å². The second-order valence-electron chi connectivity index (χ2n) is 1.78. The van der Waals surface area contributed by atoms with Gasteiger partial charge in [-0.05, 0) is 10.4 Å². The van der Waals surface area contributed by atoms with Crippen molar-refractivity contribution in [3.8, 4) is 12.3 Å². The van der Waals surface area contributed by atoms with Gasteiger partial charge in [0.15, 0.2) is 0 Å². The molecular weight excluding hydrogens is 501 g/mol. The van der Waals surface area contributed by atoms with Crippen molar-refractivity contribution >= 4 is 36.2 Å². The van der Waals surface area contributed by atoms with Gasteiger partial charge < -0.3 is 22.7 Å². The maximum Gasteiger partial charge on any atom is 2.00 e. The fourth-order valence-electron chi connectivity index (χ4n) is 0.412. The third-order valence-corrected chi connectivity index (χ3v) is 3.18. The van der Waals surface area contributed by atoms with Crippen LogP contribution in [0.5, 0.6) is 0 Å². The first-order chi connectivity index (χ1) is 5.72. The van der Waals surface area contributed by atoms with Gasteiger partial charge in [-0.1, -0.05) is 0 Å². The van der Waals surface area contributed by atoms with Crippen molar-refractivity contribution in [1.82, 2.24) is 0 Å². The molecule has 1 aliphatic rings. The van der Waals surface area contributed by atoms with Crippen LogP contribution >= 0.6 is 20.7 Å². The maximum atomic E-state index is 7.24. The van der Waals surface area contributed by atoms with Crippen LogP contribution < -0.4 is 0 Å². The molecule has 0 atom stereocenters. The Morgan fingerprint density at radius 1 is 1.85 bits per heavy atom. The first-order valence-corrected chi connectivity index (χ1v) is 5.43. The zero-order chi connectivity index (χ0) is 9.40. The van der Waals surface area contributed by atoms with Crippen LogP contribution in [0.4, 0.5) is 0 Å². The average molecular weight is 510 g/mol. The van der Waals surface area contributed by atoms with Gasteiger partial charge in [0, 0.05) is 5.71 Å². The monoisotopic (exact) mass is 510 g/mol. The van der Waals surface area contributed by atoms with E-state index in [4.69, 9.17) is 5.41 Å². The van der Waals surface area contributed by atoms with E-state index < -0.39 is 0 Å². The second-order valence-corrected chi connectivity index (χ2v) is 4.19. The van der Waals surface area contributed by atoms with Crippen molar-refractivity contribution in [3.63, 3.8) is 0 Å². The summed E-state index contributed by atoms with van der Waals surface area (Å²) < 4.78 is 3.03. The van der Waals surface area contributed by atoms with Crippen molar-refractivity contribution in [2.45, 2.75) is 6.92 Å². The van der Waals surface area contributed by atoms with Gasteiger partial charge in [0.05, 0.1) is 0 Å². The number of hydrogen-bond acceptors (Lipinski definition) is 2. The summed E-state index contributed by atoms with van der Waals surface area (Å²) in [6.07, 6.45) is 8.96. The van der Waals surface area contributed by atoms with Crippen molar-refractivity contribution in [2.75, 3.05) is 0 Å². The van der Waals surface area contributed by atoms with Crippen LogP contribution in [0.3, 0.4) is 0 Å². The van der Waals surface area contributed by atoms with Crippen molar-refractivity contribution in [3.05, 3.63) is 17.2 Å². The SMILES string of the molecule is C#C[CH2-].CC(=N)C1=IC=[C-]N=C1.[U+2]. The molecule has 0 bridgehead atoms. The fraction of sp³-hybridized carbons (Fsp3) is 0.111. The van der Waals surface area contributed by atoms with Gasteiger partial charge in [-0.15, -0.1) is 37.2 Å². The van der Waals surface area contributed by atoms with Gasteiger partial charge in [-0.3, -0.25) is 0 Å². The van der Waals surface area contributed by atoms with E-state index in [2.05, 4.69) is 24.5 Å². The number of nitrogens with zero attached hydrogens (tertiary/aromatic N) is 1. The third-order valence-electron chi connectivity index (χ3n) is 0.832. The summed E-state index contributed by atoms with van der Waals surface area (Å²) in [5.74, 6) is 2.00. The van der Waals surface area contributed by atoms with Crippen LogP contribution in [-0.2, 0) is 0 Å². The van der Waals surface area contributed by atoms with E-state index >= 15 is 0 Å². The molecule has 66 valence electrons. The molecule has 0 radical (unpaired) electrons. The first kappa shape index (κ1) is 15.6. The molecule has 0 amide bonds. The largest absolute Gasteiger partial charge is 2.00 e. The molecule has 13 heavy (non-hydrogen) atoms. The zero-order valence-electron chi connectivity index (χ0n) is 7.26. The number of halogens is 1. The molecule has 0 aromatic rings. The molecule has 0 fully saturated rings. The molecule has 0 saturated heterocycles. The molecule has 0 aromatic carbocycles. The Hall–Kier alpha value is 0.162. The van der Waals surface area contributed by atoms with Crippen molar-refractivity contribution in [2.24, 2.45) is 4.99 Å². The van der Waals surface area contributed by atoms with Gasteiger partial charge in [0.2, 0.25) is 0 Å². The van der Waals surface area contributed by atoms with Gasteiger partial charge in [-0.25, -0.2) is 0 Å². The topological polar surface area (TPSA) is 36.2 Å². The van der Waals surface area contributed by atoms with E-state index in [0.717, 1.165) is 3.51 Å². The summed E-state index contributed by atoms with van der Waals surface area (Å²) in [5.41, 5.74) is 0.643. The Morgan fingerprint density at radius 3 is 2.62 bits per heavy atom. The van der Waals surface area contributed by atoms with Crippen LogP contribution in [0.15, 0.2) is 9.08 Å². The zero-order valence-corrected chi connectivity index (χ0v) is 13.6. The molecule has 1 aliphatic heterocycles. The number of terminal acetylenes is 1. The van der Waals surface area contributed by atoms with E-state index in [1.165, 1.54) is 0 Å². The van der Waals surface area contributed by atoms with Crippen LogP contribution in [0.2, 0.25) is 0 Å². The Labute approximate surface area is 113 Å². The Morgan fingerprint density at radius 2 is 2.38 bits per heavy atom. The smallest absolute Gasteiger partial charge is 0.458 e.